The van der Waals surface area contributed by atoms with Crippen molar-refractivity contribution in [2.45, 2.75) is 182 Å². The quantitative estimate of drug-likeness (QED) is 0.0124. The molecule has 0 saturated heterocycles. The van der Waals surface area contributed by atoms with Crippen molar-refractivity contribution >= 4 is 81.8 Å². The summed E-state index contributed by atoms with van der Waals surface area (Å²) in [6, 6.07) is 9.40. The van der Waals surface area contributed by atoms with E-state index in [-0.39, 0.29) is 22.8 Å². The standard InChI is InChI=1S/C68H94N8O10Si/c1-9-13-17-21-25-31-37-83-54-48-47(53(80-6)56(81-7)57(54)82-8)65-73-64-46-44(41-45(77)51(78)52(46)79-5)63(72-64)70-61-42-35-29-30-36-43(42)62(69-61)71-68-50-49(67(76-68)75-66(48)74-65)55(84-38-32-26-22-18-14-10-2)58(85-39-33-27-23-19-15-11-3)59(60(50)87)86-40-34-28-24-20-16-12-4/h29-30,35-36,41,77-78H,9-28,31-34,37-40H2,1-8,87H3,(H4,69,70,71,72,73,74,75,76). The Kier molecular flexibility index (Phi) is 23.1. The van der Waals surface area contributed by atoms with Crippen molar-refractivity contribution in [1.29, 1.82) is 0 Å². The molecular formula is C68H94N8O10Si. The zero-order valence-corrected chi connectivity index (χ0v) is 55.1. The van der Waals surface area contributed by atoms with Crippen LogP contribution < -0.4 is 65.0 Å². The van der Waals surface area contributed by atoms with Gasteiger partial charge in [-0.25, -0.2) is 20.0 Å². The number of nitrogens with one attached hydrogen (secondary N) is 4. The summed E-state index contributed by atoms with van der Waals surface area (Å²) in [5.41, 5.74) is 1.66. The minimum Gasteiger partial charge on any atom is -0.504 e. The highest BCUT2D eigenvalue weighted by molar-refractivity contribution is 6.43. The van der Waals surface area contributed by atoms with Crippen LogP contribution in [-0.4, -0.2) is 95.3 Å². The van der Waals surface area contributed by atoms with E-state index in [1.54, 1.807) is 21.3 Å². The van der Waals surface area contributed by atoms with Gasteiger partial charge in [-0.05, 0) is 36.9 Å². The fourth-order valence-corrected chi connectivity index (χ4v) is 12.9. The summed E-state index contributed by atoms with van der Waals surface area (Å²) in [4.78, 5) is 36.3. The number of rotatable bonds is 36. The second kappa shape index (κ2) is 31.4. The Hall–Kier alpha value is -7.54. The number of phenolic OH excluding ortho intramolecular Hbond substituents is 2. The number of aromatic amines is 4. The maximum absolute atomic E-state index is 11.4. The number of aromatic nitrogens is 4. The van der Waals surface area contributed by atoms with E-state index in [1.807, 2.05) is 24.3 Å². The van der Waals surface area contributed by atoms with E-state index >= 15 is 0 Å². The molecular weight excluding hydrogens is 1120 g/mol. The first-order valence-electron chi connectivity index (χ1n) is 32.4. The molecule has 0 unspecified atom stereocenters. The first-order chi connectivity index (χ1) is 42.7. The van der Waals surface area contributed by atoms with Crippen LogP contribution in [0.5, 0.6) is 57.5 Å². The van der Waals surface area contributed by atoms with E-state index in [0.717, 1.165) is 111 Å². The molecule has 1 aliphatic heterocycles. The number of fused-ring (bicyclic) bond motifs is 20. The summed E-state index contributed by atoms with van der Waals surface area (Å²) < 4.78 is 53.0. The Morgan fingerprint density at radius 3 is 1.22 bits per heavy atom. The van der Waals surface area contributed by atoms with Gasteiger partial charge in [0.25, 0.3) is 0 Å². The minimum atomic E-state index is -0.459. The lowest BCUT2D eigenvalue weighted by molar-refractivity contribution is 0.237. The van der Waals surface area contributed by atoms with Crippen LogP contribution in [0.25, 0.3) is 43.1 Å². The van der Waals surface area contributed by atoms with Gasteiger partial charge < -0.3 is 68.0 Å². The average Bonchev–Trinajstić information content (AvgIpc) is 1.74. The van der Waals surface area contributed by atoms with Gasteiger partial charge in [0.2, 0.25) is 23.0 Å². The Morgan fingerprint density at radius 2 is 0.724 bits per heavy atom. The van der Waals surface area contributed by atoms with Gasteiger partial charge in [0, 0.05) is 31.8 Å². The van der Waals surface area contributed by atoms with Crippen LogP contribution in [0.2, 0.25) is 0 Å². The molecule has 0 radical (unpaired) electrons. The first kappa shape index (κ1) is 63.9. The molecule has 0 amide bonds. The van der Waals surface area contributed by atoms with E-state index in [9.17, 15) is 10.2 Å². The lowest BCUT2D eigenvalue weighted by Crippen LogP contribution is -2.16. The SMILES string of the molecule is CCCCCCCCOc1c(OCCCCCCCC)c(OCCCCCCCC)c2c3[nH]c(c2c1[SiH3])N=c1[nH]c(c2ccccc12)=Nc1[nH]c(c2c(OC)c(O)c(O)cc12)N=c1[nH]c(c2c(OCCCCCCCC)c(OC)c(OC)c(OC)c12)=N3. The number of hydrogen-bond donors (Lipinski definition) is 6. The summed E-state index contributed by atoms with van der Waals surface area (Å²) in [6.45, 7) is 10.8. The summed E-state index contributed by atoms with van der Waals surface area (Å²) in [6.07, 6.45) is 26.3. The number of nitrogens with zero attached hydrogens (tertiary/aromatic N) is 4. The van der Waals surface area contributed by atoms with Crippen molar-refractivity contribution in [2.75, 3.05) is 54.9 Å². The van der Waals surface area contributed by atoms with Crippen molar-refractivity contribution in [3.05, 3.63) is 52.3 Å². The van der Waals surface area contributed by atoms with Crippen molar-refractivity contribution < 1.29 is 48.1 Å². The topological polar surface area (TPSA) is 227 Å². The number of phenols is 2. The van der Waals surface area contributed by atoms with E-state index in [4.69, 9.17) is 57.9 Å². The molecule has 4 aromatic heterocycles. The Bertz CT molecular complexity index is 3870. The molecule has 9 rings (SSSR count). The van der Waals surface area contributed by atoms with Crippen LogP contribution in [-0.2, 0) is 0 Å². The average molecular weight is 1210 g/mol. The number of methoxy groups -OCH3 is 4. The van der Waals surface area contributed by atoms with E-state index in [1.165, 1.54) is 77.4 Å². The van der Waals surface area contributed by atoms with Crippen LogP contribution in [0.4, 0.5) is 23.3 Å². The minimum absolute atomic E-state index is 0.0105. The molecule has 0 aliphatic carbocycles. The molecule has 1 aliphatic rings. The van der Waals surface area contributed by atoms with Crippen LogP contribution in [0, 0.1) is 0 Å². The first-order valence-corrected chi connectivity index (χ1v) is 33.4. The number of benzene rings is 4. The molecule has 87 heavy (non-hydrogen) atoms. The third-order valence-corrected chi connectivity index (χ3v) is 17.6. The molecule has 8 bridgehead atoms. The number of aromatic hydroxyl groups is 2. The molecule has 4 aromatic carbocycles. The maximum Gasteiger partial charge on any atom is 0.208 e. The number of unbranched alkanes of at least 4 members (excludes halogenated alkanes) is 20. The second-order valence-corrected chi connectivity index (χ2v) is 24.0. The largest absolute Gasteiger partial charge is 0.504 e. The van der Waals surface area contributed by atoms with Crippen molar-refractivity contribution in [1.82, 2.24) is 19.9 Å². The van der Waals surface area contributed by atoms with Crippen LogP contribution in [0.3, 0.4) is 0 Å². The van der Waals surface area contributed by atoms with E-state index in [2.05, 4.69) is 47.6 Å². The summed E-state index contributed by atoms with van der Waals surface area (Å²) in [5, 5.41) is 28.5. The van der Waals surface area contributed by atoms with Crippen molar-refractivity contribution in [3.63, 3.8) is 0 Å². The van der Waals surface area contributed by atoms with Gasteiger partial charge in [-0.3, -0.25) is 0 Å². The van der Waals surface area contributed by atoms with E-state index in [0.29, 0.717) is 132 Å². The molecule has 0 fully saturated rings. The summed E-state index contributed by atoms with van der Waals surface area (Å²) in [7, 11) is 6.68. The van der Waals surface area contributed by atoms with Crippen LogP contribution in [0.15, 0.2) is 50.3 Å². The zero-order chi connectivity index (χ0) is 61.2. The van der Waals surface area contributed by atoms with Gasteiger partial charge in [-0.1, -0.05) is 180 Å². The Labute approximate surface area is 514 Å². The van der Waals surface area contributed by atoms with Gasteiger partial charge in [0.15, 0.2) is 34.5 Å². The molecule has 0 atom stereocenters. The zero-order valence-electron chi connectivity index (χ0n) is 53.1. The van der Waals surface area contributed by atoms with Gasteiger partial charge in [-0.15, -0.1) is 0 Å². The van der Waals surface area contributed by atoms with E-state index < -0.39 is 11.5 Å². The van der Waals surface area contributed by atoms with Gasteiger partial charge in [0.05, 0.1) is 76.4 Å². The predicted octanol–water partition coefficient (Wildman–Crippen LogP) is 14.1. The highest BCUT2D eigenvalue weighted by Gasteiger charge is 2.31. The summed E-state index contributed by atoms with van der Waals surface area (Å²) >= 11 is 0. The van der Waals surface area contributed by atoms with Gasteiger partial charge >= 0.3 is 0 Å². The number of ether oxygens (including phenoxy) is 8. The lowest BCUT2D eigenvalue weighted by atomic mass is 10.1. The van der Waals surface area contributed by atoms with Crippen molar-refractivity contribution in [3.8, 4) is 57.5 Å². The maximum atomic E-state index is 11.4. The number of hydrogen-bond acceptors (Lipinski definition) is 14. The molecule has 5 heterocycles. The fourth-order valence-electron chi connectivity index (χ4n) is 12.1. The molecule has 6 N–H and O–H groups in total. The normalized spacial score (nSPS) is 12.1. The monoisotopic (exact) mass is 1210 g/mol. The smallest absolute Gasteiger partial charge is 0.208 e. The predicted molar refractivity (Wildman–Crippen MR) is 351 cm³/mol. The number of H-pyrrole nitrogens is 4. The van der Waals surface area contributed by atoms with Gasteiger partial charge in [-0.2, -0.15) is 0 Å². The lowest BCUT2D eigenvalue weighted by Gasteiger charge is -2.21. The highest BCUT2D eigenvalue weighted by Crippen LogP contribution is 2.53. The third kappa shape index (κ3) is 14.2. The van der Waals surface area contributed by atoms with Crippen LogP contribution in [0.1, 0.15) is 182 Å². The fraction of sp³-hybridized carbons (Fsp3) is 0.529. The Morgan fingerprint density at radius 1 is 0.356 bits per heavy atom. The Balaban J connectivity index is 1.41. The molecule has 0 spiro atoms. The van der Waals surface area contributed by atoms with Crippen LogP contribution >= 0.6 is 0 Å². The molecule has 0 saturated carbocycles. The highest BCUT2D eigenvalue weighted by atomic mass is 28.1. The molecule has 18 nitrogen and oxygen atoms in total. The van der Waals surface area contributed by atoms with Crippen molar-refractivity contribution in [2.24, 2.45) is 20.0 Å². The molecule has 8 aromatic rings. The molecule has 470 valence electrons. The third-order valence-electron chi connectivity index (χ3n) is 16.7. The second-order valence-electron chi connectivity index (χ2n) is 23.0. The molecule has 19 heteroatoms. The van der Waals surface area contributed by atoms with Gasteiger partial charge in [0.1, 0.15) is 45.2 Å². The summed E-state index contributed by atoms with van der Waals surface area (Å²) in [5.74, 6) is 3.76.